The van der Waals surface area contributed by atoms with Gasteiger partial charge in [-0.3, -0.25) is 0 Å². The number of aromatic nitrogens is 2. The Kier molecular flexibility index (Phi) is 2.93. The van der Waals surface area contributed by atoms with Crippen molar-refractivity contribution in [2.75, 3.05) is 0 Å². The molecule has 1 aromatic heterocycles. The second-order valence-corrected chi connectivity index (χ2v) is 4.39. The summed E-state index contributed by atoms with van der Waals surface area (Å²) in [5.74, 6) is -3.54. The molecular formula is C14H7F5N2. The maximum Gasteiger partial charge on any atom is 0.419 e. The van der Waals surface area contributed by atoms with Gasteiger partial charge in [0.15, 0.2) is 11.6 Å². The van der Waals surface area contributed by atoms with Crippen LogP contribution in [-0.4, -0.2) is 9.97 Å². The molecule has 3 rings (SSSR count). The minimum absolute atomic E-state index is 0.0266. The van der Waals surface area contributed by atoms with E-state index in [0.717, 1.165) is 6.07 Å². The van der Waals surface area contributed by atoms with E-state index in [9.17, 15) is 22.0 Å². The van der Waals surface area contributed by atoms with E-state index >= 15 is 0 Å². The molecule has 7 heteroatoms. The van der Waals surface area contributed by atoms with Crippen LogP contribution < -0.4 is 0 Å². The third-order valence-electron chi connectivity index (χ3n) is 3.03. The van der Waals surface area contributed by atoms with Gasteiger partial charge in [-0.1, -0.05) is 12.1 Å². The smallest absolute Gasteiger partial charge is 0.338 e. The Morgan fingerprint density at radius 2 is 1.62 bits per heavy atom. The van der Waals surface area contributed by atoms with E-state index in [1.54, 1.807) is 24.3 Å². The summed E-state index contributed by atoms with van der Waals surface area (Å²) in [4.78, 5) is 6.77. The Balaban J connectivity index is 2.17. The zero-order chi connectivity index (χ0) is 15.2. The largest absolute Gasteiger partial charge is 0.419 e. The summed E-state index contributed by atoms with van der Waals surface area (Å²) in [6.07, 6.45) is -4.95. The second-order valence-electron chi connectivity index (χ2n) is 4.39. The number of imidazole rings is 1. The Morgan fingerprint density at radius 1 is 0.905 bits per heavy atom. The number of rotatable bonds is 1. The first-order valence-electron chi connectivity index (χ1n) is 5.88. The van der Waals surface area contributed by atoms with Gasteiger partial charge >= 0.3 is 6.18 Å². The molecule has 0 fully saturated rings. The summed E-state index contributed by atoms with van der Waals surface area (Å²) in [5, 5.41) is 0. The molecule has 108 valence electrons. The van der Waals surface area contributed by atoms with Crippen LogP contribution in [0.25, 0.3) is 22.4 Å². The van der Waals surface area contributed by atoms with Crippen LogP contribution in [0.1, 0.15) is 5.56 Å². The number of alkyl halides is 3. The molecule has 0 aliphatic heterocycles. The number of nitrogens with zero attached hydrogens (tertiary/aromatic N) is 1. The molecule has 0 saturated carbocycles. The molecule has 0 saturated heterocycles. The van der Waals surface area contributed by atoms with Gasteiger partial charge in [-0.25, -0.2) is 13.8 Å². The quantitative estimate of drug-likeness (QED) is 0.657. The van der Waals surface area contributed by atoms with Crippen LogP contribution in [0, 0.1) is 11.6 Å². The number of aromatic amines is 1. The van der Waals surface area contributed by atoms with Crippen LogP contribution in [0.2, 0.25) is 0 Å². The molecule has 1 N–H and O–H groups in total. The summed E-state index contributed by atoms with van der Waals surface area (Å²) in [5.41, 5.74) is -0.907. The molecule has 0 radical (unpaired) electrons. The number of hydrogen-bond donors (Lipinski definition) is 1. The van der Waals surface area contributed by atoms with Crippen molar-refractivity contribution >= 4 is 11.0 Å². The van der Waals surface area contributed by atoms with Gasteiger partial charge in [-0.15, -0.1) is 0 Å². The molecule has 2 nitrogen and oxygen atoms in total. The summed E-state index contributed by atoms with van der Waals surface area (Å²) in [7, 11) is 0. The topological polar surface area (TPSA) is 28.7 Å². The third kappa shape index (κ3) is 2.24. The Morgan fingerprint density at radius 3 is 2.29 bits per heavy atom. The lowest BCUT2D eigenvalue weighted by molar-refractivity contribution is -0.140. The molecule has 0 unspecified atom stereocenters. The molecule has 0 atom stereocenters. The number of nitrogens with one attached hydrogen (secondary N) is 1. The lowest BCUT2D eigenvalue weighted by Gasteiger charge is -2.09. The fourth-order valence-corrected chi connectivity index (χ4v) is 2.03. The van der Waals surface area contributed by atoms with Crippen molar-refractivity contribution in [1.29, 1.82) is 0 Å². The van der Waals surface area contributed by atoms with Crippen LogP contribution >= 0.6 is 0 Å². The molecule has 3 aromatic rings. The highest BCUT2D eigenvalue weighted by Crippen LogP contribution is 2.35. The SMILES string of the molecule is Fc1c(-c2nc3ccccc3[nH]2)ccc(C(F)(F)F)c1F. The minimum atomic E-state index is -4.95. The first-order chi connectivity index (χ1) is 9.88. The molecule has 2 aromatic carbocycles. The van der Waals surface area contributed by atoms with Crippen molar-refractivity contribution in [2.45, 2.75) is 6.18 Å². The number of para-hydroxylation sites is 2. The number of fused-ring (bicyclic) bond motifs is 1. The third-order valence-corrected chi connectivity index (χ3v) is 3.03. The van der Waals surface area contributed by atoms with Crippen molar-refractivity contribution in [2.24, 2.45) is 0 Å². The maximum absolute atomic E-state index is 13.9. The fraction of sp³-hybridized carbons (Fsp3) is 0.0714. The van der Waals surface area contributed by atoms with E-state index in [4.69, 9.17) is 0 Å². The highest BCUT2D eigenvalue weighted by molar-refractivity contribution is 5.79. The lowest BCUT2D eigenvalue weighted by atomic mass is 10.1. The average Bonchev–Trinajstić information content (AvgIpc) is 2.83. The molecule has 0 spiro atoms. The molecule has 0 aliphatic carbocycles. The van der Waals surface area contributed by atoms with Gasteiger partial charge in [0.1, 0.15) is 5.82 Å². The predicted octanol–water partition coefficient (Wildman–Crippen LogP) is 4.53. The first-order valence-corrected chi connectivity index (χ1v) is 5.88. The Labute approximate surface area is 115 Å². The molecule has 1 heterocycles. The number of benzene rings is 2. The van der Waals surface area contributed by atoms with Gasteiger partial charge in [-0.2, -0.15) is 13.2 Å². The zero-order valence-electron chi connectivity index (χ0n) is 10.3. The van der Waals surface area contributed by atoms with Gasteiger partial charge < -0.3 is 4.98 Å². The van der Waals surface area contributed by atoms with Crippen LogP contribution in [0.5, 0.6) is 0 Å². The van der Waals surface area contributed by atoms with Gasteiger partial charge in [0.2, 0.25) is 0 Å². The normalized spacial score (nSPS) is 12.0. The van der Waals surface area contributed by atoms with E-state index in [-0.39, 0.29) is 11.4 Å². The van der Waals surface area contributed by atoms with E-state index < -0.39 is 23.4 Å². The Hall–Kier alpha value is -2.44. The van der Waals surface area contributed by atoms with Crippen LogP contribution in [0.3, 0.4) is 0 Å². The molecular weight excluding hydrogens is 291 g/mol. The number of H-pyrrole nitrogens is 1. The van der Waals surface area contributed by atoms with Crippen molar-refractivity contribution < 1.29 is 22.0 Å². The predicted molar refractivity (Wildman–Crippen MR) is 66.4 cm³/mol. The zero-order valence-corrected chi connectivity index (χ0v) is 10.3. The average molecular weight is 298 g/mol. The standard InChI is InChI=1S/C14H7F5N2/c15-11-7(5-6-8(12(11)16)14(17,18)19)13-20-9-3-1-2-4-10(9)21-13/h1-6H,(H,20,21). The van der Waals surface area contributed by atoms with E-state index in [1.165, 1.54) is 0 Å². The number of halogens is 5. The molecule has 0 bridgehead atoms. The van der Waals surface area contributed by atoms with Crippen molar-refractivity contribution in [3.05, 3.63) is 53.6 Å². The van der Waals surface area contributed by atoms with Crippen LogP contribution in [-0.2, 0) is 6.18 Å². The summed E-state index contributed by atoms with van der Waals surface area (Å²) < 4.78 is 64.9. The minimum Gasteiger partial charge on any atom is -0.338 e. The summed E-state index contributed by atoms with van der Waals surface area (Å²) in [6.45, 7) is 0. The van der Waals surface area contributed by atoms with Crippen molar-refractivity contribution in [3.63, 3.8) is 0 Å². The summed E-state index contributed by atoms with van der Waals surface area (Å²) >= 11 is 0. The second kappa shape index (κ2) is 4.54. The molecule has 0 aliphatic rings. The fourth-order valence-electron chi connectivity index (χ4n) is 2.03. The van der Waals surface area contributed by atoms with Crippen molar-refractivity contribution in [1.82, 2.24) is 9.97 Å². The van der Waals surface area contributed by atoms with E-state index in [0.29, 0.717) is 17.1 Å². The van der Waals surface area contributed by atoms with Gasteiger partial charge in [0.25, 0.3) is 0 Å². The first kappa shape index (κ1) is 13.5. The van der Waals surface area contributed by atoms with E-state index in [1.807, 2.05) is 0 Å². The lowest BCUT2D eigenvalue weighted by Crippen LogP contribution is -2.10. The highest BCUT2D eigenvalue weighted by Gasteiger charge is 2.36. The molecule has 21 heavy (non-hydrogen) atoms. The monoisotopic (exact) mass is 298 g/mol. The van der Waals surface area contributed by atoms with E-state index in [2.05, 4.69) is 9.97 Å². The Bertz CT molecular complexity index is 787. The van der Waals surface area contributed by atoms with Gasteiger partial charge in [0.05, 0.1) is 22.2 Å². The molecule has 0 amide bonds. The number of hydrogen-bond acceptors (Lipinski definition) is 1. The van der Waals surface area contributed by atoms with Gasteiger partial charge in [0, 0.05) is 0 Å². The van der Waals surface area contributed by atoms with Crippen LogP contribution in [0.15, 0.2) is 36.4 Å². The maximum atomic E-state index is 13.9. The summed E-state index contributed by atoms with van der Waals surface area (Å²) in [6, 6.07) is 8.10. The van der Waals surface area contributed by atoms with Crippen LogP contribution in [0.4, 0.5) is 22.0 Å². The van der Waals surface area contributed by atoms with Crippen molar-refractivity contribution in [3.8, 4) is 11.4 Å². The van der Waals surface area contributed by atoms with Gasteiger partial charge in [-0.05, 0) is 24.3 Å². The highest BCUT2D eigenvalue weighted by atomic mass is 19.4.